The van der Waals surface area contributed by atoms with E-state index in [4.69, 9.17) is 10.2 Å². The van der Waals surface area contributed by atoms with E-state index >= 15 is 0 Å². The highest BCUT2D eigenvalue weighted by Crippen LogP contribution is 2.11. The minimum absolute atomic E-state index is 0.327. The Morgan fingerprint density at radius 3 is 1.41 bits per heavy atom. The largest absolute Gasteiger partial charge is 0.481 e. The Hall–Kier alpha value is -1.09. The first kappa shape index (κ1) is 25.9. The summed E-state index contributed by atoms with van der Waals surface area (Å²) in [5.74, 6) is -0.667. The first-order valence-corrected chi connectivity index (χ1v) is 11.4. The molecule has 0 aromatic heterocycles. The van der Waals surface area contributed by atoms with Crippen LogP contribution in [-0.4, -0.2) is 22.8 Å². The SMILES string of the molecule is O=C(O)CCCCCCCCCC/C=C/C/C=C/CCCCCCCCO. The van der Waals surface area contributed by atoms with E-state index < -0.39 is 5.97 Å². The molecule has 0 rings (SSSR count). The molecule has 0 unspecified atom stereocenters. The maximum absolute atomic E-state index is 10.4. The predicted octanol–water partition coefficient (Wildman–Crippen LogP) is 7.20. The van der Waals surface area contributed by atoms with Crippen LogP contribution in [0.4, 0.5) is 0 Å². The average Bonchev–Trinajstić information content (AvgIpc) is 2.65. The fourth-order valence-electron chi connectivity index (χ4n) is 3.19. The second kappa shape index (κ2) is 23.0. The van der Waals surface area contributed by atoms with Crippen molar-refractivity contribution in [2.45, 2.75) is 116 Å². The van der Waals surface area contributed by atoms with E-state index in [1.807, 2.05) is 0 Å². The van der Waals surface area contributed by atoms with Gasteiger partial charge < -0.3 is 10.2 Å². The van der Waals surface area contributed by atoms with Gasteiger partial charge in [-0.1, -0.05) is 88.5 Å². The number of carboxylic acid groups (broad SMARTS) is 1. The monoisotopic (exact) mass is 380 g/mol. The molecule has 0 atom stereocenters. The summed E-state index contributed by atoms with van der Waals surface area (Å²) in [7, 11) is 0. The smallest absolute Gasteiger partial charge is 0.303 e. The van der Waals surface area contributed by atoms with Crippen molar-refractivity contribution >= 4 is 5.97 Å². The Balaban J connectivity index is 3.17. The summed E-state index contributed by atoms with van der Waals surface area (Å²) in [4.78, 5) is 10.4. The van der Waals surface area contributed by atoms with Crippen LogP contribution in [0.25, 0.3) is 0 Å². The maximum Gasteiger partial charge on any atom is 0.303 e. The van der Waals surface area contributed by atoms with Crippen molar-refractivity contribution in [3.05, 3.63) is 24.3 Å². The summed E-state index contributed by atoms with van der Waals surface area (Å²) in [5, 5.41) is 17.3. The predicted molar refractivity (Wildman–Crippen MR) is 116 cm³/mol. The van der Waals surface area contributed by atoms with Gasteiger partial charge in [-0.2, -0.15) is 0 Å². The Morgan fingerprint density at radius 2 is 0.963 bits per heavy atom. The van der Waals surface area contributed by atoms with Crippen LogP contribution in [0.2, 0.25) is 0 Å². The number of carbonyl (C=O) groups is 1. The van der Waals surface area contributed by atoms with Gasteiger partial charge in [0.1, 0.15) is 0 Å². The lowest BCUT2D eigenvalue weighted by molar-refractivity contribution is -0.137. The van der Waals surface area contributed by atoms with Gasteiger partial charge in [0.15, 0.2) is 0 Å². The lowest BCUT2D eigenvalue weighted by Crippen LogP contribution is -1.93. The molecule has 0 radical (unpaired) electrons. The van der Waals surface area contributed by atoms with Crippen molar-refractivity contribution in [3.8, 4) is 0 Å². The number of hydrogen-bond acceptors (Lipinski definition) is 2. The van der Waals surface area contributed by atoms with Crippen molar-refractivity contribution < 1.29 is 15.0 Å². The molecular weight excluding hydrogens is 336 g/mol. The van der Waals surface area contributed by atoms with Crippen LogP contribution >= 0.6 is 0 Å². The number of hydrogen-bond donors (Lipinski definition) is 2. The zero-order valence-electron chi connectivity index (χ0n) is 17.5. The van der Waals surface area contributed by atoms with Gasteiger partial charge in [0.2, 0.25) is 0 Å². The van der Waals surface area contributed by atoms with E-state index in [-0.39, 0.29) is 0 Å². The molecule has 0 aliphatic heterocycles. The molecule has 0 heterocycles. The number of unbranched alkanes of at least 4 members (excludes halogenated alkanes) is 14. The summed E-state index contributed by atoms with van der Waals surface area (Å²) in [5.41, 5.74) is 0. The number of carboxylic acids is 1. The third-order valence-electron chi connectivity index (χ3n) is 4.90. The van der Waals surface area contributed by atoms with Crippen LogP contribution in [0.3, 0.4) is 0 Å². The van der Waals surface area contributed by atoms with Crippen LogP contribution in [0, 0.1) is 0 Å². The Morgan fingerprint density at radius 1 is 0.556 bits per heavy atom. The molecule has 3 heteroatoms. The fraction of sp³-hybridized carbons (Fsp3) is 0.792. The van der Waals surface area contributed by atoms with Crippen molar-refractivity contribution in [1.29, 1.82) is 0 Å². The first-order valence-electron chi connectivity index (χ1n) is 11.4. The molecule has 3 nitrogen and oxygen atoms in total. The standard InChI is InChI=1S/C24H44O3/c25-23-21-19-17-15-13-11-9-7-5-3-1-2-4-6-8-10-12-14-16-18-20-22-24(26)27/h1-2,5,7,25H,3-4,6,8-23H2,(H,26,27)/b2-1+,7-5+. The van der Waals surface area contributed by atoms with Gasteiger partial charge >= 0.3 is 5.97 Å². The third-order valence-corrected chi connectivity index (χ3v) is 4.90. The number of aliphatic hydroxyl groups is 1. The molecule has 0 amide bonds. The second-order valence-corrected chi connectivity index (χ2v) is 7.57. The first-order chi connectivity index (χ1) is 13.3. The summed E-state index contributed by atoms with van der Waals surface area (Å²) in [6.07, 6.45) is 29.8. The number of aliphatic hydroxyl groups excluding tert-OH is 1. The fourth-order valence-corrected chi connectivity index (χ4v) is 3.19. The van der Waals surface area contributed by atoms with Gasteiger partial charge in [-0.3, -0.25) is 4.79 Å². The lowest BCUT2D eigenvalue weighted by atomic mass is 10.1. The molecule has 2 N–H and O–H groups in total. The zero-order valence-corrected chi connectivity index (χ0v) is 17.5. The summed E-state index contributed by atoms with van der Waals surface area (Å²) in [6.45, 7) is 0.341. The zero-order chi connectivity index (χ0) is 19.8. The van der Waals surface area contributed by atoms with E-state index in [2.05, 4.69) is 24.3 Å². The van der Waals surface area contributed by atoms with Crippen molar-refractivity contribution in [1.82, 2.24) is 0 Å². The Bertz CT molecular complexity index is 361. The molecule has 0 spiro atoms. The molecule has 158 valence electrons. The van der Waals surface area contributed by atoms with Crippen molar-refractivity contribution in [2.24, 2.45) is 0 Å². The lowest BCUT2D eigenvalue weighted by Gasteiger charge is -2.00. The second-order valence-electron chi connectivity index (χ2n) is 7.57. The van der Waals surface area contributed by atoms with Crippen LogP contribution in [0.5, 0.6) is 0 Å². The van der Waals surface area contributed by atoms with Gasteiger partial charge in [-0.25, -0.2) is 0 Å². The number of aliphatic carboxylic acids is 1. The molecule has 27 heavy (non-hydrogen) atoms. The number of rotatable bonds is 21. The number of allylic oxidation sites excluding steroid dienone is 4. The quantitative estimate of drug-likeness (QED) is 0.163. The van der Waals surface area contributed by atoms with E-state index in [0.29, 0.717) is 13.0 Å². The molecular formula is C24H44O3. The van der Waals surface area contributed by atoms with E-state index in [1.54, 1.807) is 0 Å². The normalized spacial score (nSPS) is 11.7. The highest BCUT2D eigenvalue weighted by molar-refractivity contribution is 5.66. The highest BCUT2D eigenvalue weighted by atomic mass is 16.4. The molecule has 0 bridgehead atoms. The minimum atomic E-state index is -0.667. The van der Waals surface area contributed by atoms with Crippen LogP contribution < -0.4 is 0 Å². The molecule has 0 saturated carbocycles. The summed E-state index contributed by atoms with van der Waals surface area (Å²) in [6, 6.07) is 0. The Labute approximate surface area is 168 Å². The highest BCUT2D eigenvalue weighted by Gasteiger charge is 1.96. The van der Waals surface area contributed by atoms with Crippen LogP contribution in [-0.2, 0) is 4.79 Å². The van der Waals surface area contributed by atoms with Crippen LogP contribution in [0.15, 0.2) is 24.3 Å². The molecule has 0 fully saturated rings. The van der Waals surface area contributed by atoms with Gasteiger partial charge in [0.05, 0.1) is 0 Å². The topological polar surface area (TPSA) is 57.5 Å². The molecule has 0 saturated heterocycles. The average molecular weight is 381 g/mol. The van der Waals surface area contributed by atoms with Gasteiger partial charge in [-0.05, 0) is 44.9 Å². The van der Waals surface area contributed by atoms with Crippen molar-refractivity contribution in [3.63, 3.8) is 0 Å². The maximum atomic E-state index is 10.4. The van der Waals surface area contributed by atoms with Gasteiger partial charge in [0, 0.05) is 13.0 Å². The third kappa shape index (κ3) is 24.9. The molecule has 0 aliphatic rings. The molecule has 0 aromatic carbocycles. The van der Waals surface area contributed by atoms with E-state index in [1.165, 1.54) is 83.5 Å². The molecule has 0 aromatic rings. The molecule has 0 aliphatic carbocycles. The van der Waals surface area contributed by atoms with Gasteiger partial charge in [-0.15, -0.1) is 0 Å². The minimum Gasteiger partial charge on any atom is -0.481 e. The van der Waals surface area contributed by atoms with E-state index in [9.17, 15) is 4.79 Å². The van der Waals surface area contributed by atoms with Crippen molar-refractivity contribution in [2.75, 3.05) is 6.61 Å². The van der Waals surface area contributed by atoms with Gasteiger partial charge in [0.25, 0.3) is 0 Å². The summed E-state index contributed by atoms with van der Waals surface area (Å²) < 4.78 is 0. The van der Waals surface area contributed by atoms with Crippen LogP contribution in [0.1, 0.15) is 116 Å². The summed E-state index contributed by atoms with van der Waals surface area (Å²) >= 11 is 0. The Kier molecular flexibility index (Phi) is 22.0. The van der Waals surface area contributed by atoms with E-state index in [0.717, 1.165) is 25.7 Å².